The minimum Gasteiger partial charge on any atom is -0.351 e. The van der Waals surface area contributed by atoms with E-state index in [1.807, 2.05) is 6.20 Å². The molecule has 2 N–H and O–H groups in total. The van der Waals surface area contributed by atoms with Gasteiger partial charge in [0.1, 0.15) is 12.0 Å². The van der Waals surface area contributed by atoms with Crippen LogP contribution >= 0.6 is 0 Å². The lowest BCUT2D eigenvalue weighted by Gasteiger charge is -2.43. The minimum absolute atomic E-state index is 0.105. The van der Waals surface area contributed by atoms with Crippen LogP contribution in [0.1, 0.15) is 45.4 Å². The molecule has 1 aliphatic carbocycles. The second-order valence-electron chi connectivity index (χ2n) is 7.71. The summed E-state index contributed by atoms with van der Waals surface area (Å²) in [6.07, 6.45) is 14.0. The summed E-state index contributed by atoms with van der Waals surface area (Å²) in [5.74, 6) is 1.19. The zero-order valence-corrected chi connectivity index (χ0v) is 17.2. The number of guanidine groups is 1. The summed E-state index contributed by atoms with van der Waals surface area (Å²) in [4.78, 5) is 11.4. The lowest BCUT2D eigenvalue weighted by Crippen LogP contribution is -2.54. The smallest absolute Gasteiger partial charge is 0.203 e. The lowest BCUT2D eigenvalue weighted by molar-refractivity contribution is 0.202. The highest BCUT2D eigenvalue weighted by molar-refractivity contribution is 7.90. The highest BCUT2D eigenvalue weighted by Crippen LogP contribution is 2.34. The predicted molar refractivity (Wildman–Crippen MR) is 110 cm³/mol. The number of nitrogens with zero attached hydrogens (tertiary/aromatic N) is 3. The SMILES string of the molecule is CCC1=CN(C2CCCC2)C2NC(Nc3ccc(S(C)(=O)=O)cn3)=NC=C2C1. The van der Waals surface area contributed by atoms with Crippen molar-refractivity contribution in [1.82, 2.24) is 15.2 Å². The monoisotopic (exact) mass is 401 g/mol. The van der Waals surface area contributed by atoms with Crippen molar-refractivity contribution >= 4 is 21.6 Å². The zero-order valence-electron chi connectivity index (χ0n) is 16.4. The summed E-state index contributed by atoms with van der Waals surface area (Å²) >= 11 is 0. The maximum absolute atomic E-state index is 11.6. The maximum Gasteiger partial charge on any atom is 0.203 e. The number of pyridine rings is 1. The van der Waals surface area contributed by atoms with Crippen LogP contribution in [0.25, 0.3) is 0 Å². The Morgan fingerprint density at radius 3 is 2.71 bits per heavy atom. The van der Waals surface area contributed by atoms with Gasteiger partial charge in [0.05, 0.1) is 4.90 Å². The van der Waals surface area contributed by atoms with Crippen LogP contribution < -0.4 is 10.6 Å². The number of aromatic nitrogens is 1. The number of aliphatic imine (C=N–C) groups is 1. The molecule has 7 nitrogen and oxygen atoms in total. The Hall–Kier alpha value is -2.35. The van der Waals surface area contributed by atoms with Crippen molar-refractivity contribution in [2.75, 3.05) is 11.6 Å². The second-order valence-corrected chi connectivity index (χ2v) is 9.72. The van der Waals surface area contributed by atoms with Crippen LogP contribution in [0.2, 0.25) is 0 Å². The fourth-order valence-electron chi connectivity index (χ4n) is 4.08. The van der Waals surface area contributed by atoms with E-state index >= 15 is 0 Å². The molecule has 0 amide bonds. The highest BCUT2D eigenvalue weighted by Gasteiger charge is 2.34. The number of anilines is 1. The summed E-state index contributed by atoms with van der Waals surface area (Å²) in [6, 6.07) is 3.77. The van der Waals surface area contributed by atoms with E-state index in [1.165, 1.54) is 49.3 Å². The molecule has 8 heteroatoms. The number of hydrogen-bond acceptors (Lipinski definition) is 7. The van der Waals surface area contributed by atoms with E-state index in [4.69, 9.17) is 0 Å². The lowest BCUT2D eigenvalue weighted by atomic mass is 9.95. The molecule has 1 fully saturated rings. The summed E-state index contributed by atoms with van der Waals surface area (Å²) in [6.45, 7) is 2.21. The molecule has 3 aliphatic rings. The van der Waals surface area contributed by atoms with Gasteiger partial charge in [-0.1, -0.05) is 25.3 Å². The molecule has 3 heterocycles. The van der Waals surface area contributed by atoms with Crippen LogP contribution in [-0.2, 0) is 9.84 Å². The molecule has 2 aliphatic heterocycles. The Bertz CT molecular complexity index is 928. The van der Waals surface area contributed by atoms with Crippen molar-refractivity contribution in [3.63, 3.8) is 0 Å². The number of fused-ring (bicyclic) bond motifs is 1. The Labute approximate surface area is 166 Å². The average molecular weight is 402 g/mol. The van der Waals surface area contributed by atoms with Crippen LogP contribution in [0, 0.1) is 0 Å². The normalized spacial score (nSPS) is 22.7. The van der Waals surface area contributed by atoms with Gasteiger partial charge in [0.2, 0.25) is 5.96 Å². The molecule has 0 radical (unpaired) electrons. The van der Waals surface area contributed by atoms with E-state index in [9.17, 15) is 8.42 Å². The molecule has 0 saturated heterocycles. The summed E-state index contributed by atoms with van der Waals surface area (Å²) < 4.78 is 23.2. The summed E-state index contributed by atoms with van der Waals surface area (Å²) in [5, 5.41) is 6.68. The topological polar surface area (TPSA) is 86.7 Å². The van der Waals surface area contributed by atoms with Crippen LogP contribution in [-0.4, -0.2) is 42.7 Å². The first kappa shape index (κ1) is 19.0. The van der Waals surface area contributed by atoms with E-state index < -0.39 is 9.84 Å². The Morgan fingerprint density at radius 1 is 1.29 bits per heavy atom. The van der Waals surface area contributed by atoms with Gasteiger partial charge in [0.25, 0.3) is 0 Å². The third kappa shape index (κ3) is 3.92. The molecule has 1 aromatic heterocycles. The van der Waals surface area contributed by atoms with Crippen LogP contribution in [0.4, 0.5) is 5.82 Å². The Balaban J connectivity index is 1.52. The molecule has 0 bridgehead atoms. The quantitative estimate of drug-likeness (QED) is 0.807. The second kappa shape index (κ2) is 7.58. The first-order valence-corrected chi connectivity index (χ1v) is 11.8. The molecule has 1 saturated carbocycles. The molecular formula is C20H27N5O2S. The van der Waals surface area contributed by atoms with Crippen LogP contribution in [0.3, 0.4) is 0 Å². The van der Waals surface area contributed by atoms with Crippen molar-refractivity contribution in [3.05, 3.63) is 41.9 Å². The number of nitrogens with one attached hydrogen (secondary N) is 2. The first-order valence-electron chi connectivity index (χ1n) is 9.87. The fourth-order valence-corrected chi connectivity index (χ4v) is 4.64. The summed E-state index contributed by atoms with van der Waals surface area (Å²) in [7, 11) is -3.25. The predicted octanol–water partition coefficient (Wildman–Crippen LogP) is 3.01. The van der Waals surface area contributed by atoms with Crippen LogP contribution in [0.15, 0.2) is 51.8 Å². The number of sulfone groups is 1. The zero-order chi connectivity index (χ0) is 19.7. The first-order chi connectivity index (χ1) is 13.4. The van der Waals surface area contributed by atoms with Crippen molar-refractivity contribution in [2.45, 2.75) is 62.6 Å². The molecule has 150 valence electrons. The molecule has 0 aromatic carbocycles. The average Bonchev–Trinajstić information content (AvgIpc) is 3.21. The summed E-state index contributed by atoms with van der Waals surface area (Å²) in [5.41, 5.74) is 2.73. The molecule has 4 rings (SSSR count). The van der Waals surface area contributed by atoms with Gasteiger partial charge in [-0.05, 0) is 43.4 Å². The number of rotatable bonds is 4. The number of allylic oxidation sites excluding steroid dienone is 1. The Morgan fingerprint density at radius 2 is 2.07 bits per heavy atom. The van der Waals surface area contributed by atoms with E-state index in [-0.39, 0.29) is 11.1 Å². The van der Waals surface area contributed by atoms with Gasteiger partial charge >= 0.3 is 0 Å². The van der Waals surface area contributed by atoms with Crippen molar-refractivity contribution in [1.29, 1.82) is 0 Å². The molecule has 1 atom stereocenters. The molecular weight excluding hydrogens is 374 g/mol. The van der Waals surface area contributed by atoms with E-state index in [0.717, 1.165) is 12.8 Å². The van der Waals surface area contributed by atoms with Gasteiger partial charge in [-0.2, -0.15) is 0 Å². The molecule has 0 spiro atoms. The van der Waals surface area contributed by atoms with Crippen LogP contribution in [0.5, 0.6) is 0 Å². The third-order valence-electron chi connectivity index (χ3n) is 5.66. The number of hydrogen-bond donors (Lipinski definition) is 2. The van der Waals surface area contributed by atoms with Gasteiger partial charge < -0.3 is 15.5 Å². The van der Waals surface area contributed by atoms with Gasteiger partial charge in [0, 0.05) is 30.9 Å². The van der Waals surface area contributed by atoms with E-state index in [1.54, 1.807) is 12.1 Å². The molecule has 28 heavy (non-hydrogen) atoms. The molecule has 1 unspecified atom stereocenters. The van der Waals surface area contributed by atoms with Crippen molar-refractivity contribution in [2.24, 2.45) is 4.99 Å². The van der Waals surface area contributed by atoms with Gasteiger partial charge in [-0.25, -0.2) is 18.4 Å². The third-order valence-corrected chi connectivity index (χ3v) is 6.75. The largest absolute Gasteiger partial charge is 0.351 e. The van der Waals surface area contributed by atoms with Gasteiger partial charge in [-0.3, -0.25) is 0 Å². The Kier molecular flexibility index (Phi) is 5.14. The van der Waals surface area contributed by atoms with Gasteiger partial charge in [-0.15, -0.1) is 0 Å². The fraction of sp³-hybridized carbons (Fsp3) is 0.500. The molecule has 1 aromatic rings. The van der Waals surface area contributed by atoms with Crippen molar-refractivity contribution < 1.29 is 8.42 Å². The minimum atomic E-state index is -3.25. The van der Waals surface area contributed by atoms with E-state index in [0.29, 0.717) is 17.8 Å². The van der Waals surface area contributed by atoms with Crippen molar-refractivity contribution in [3.8, 4) is 0 Å². The van der Waals surface area contributed by atoms with Gasteiger partial charge in [0.15, 0.2) is 9.84 Å². The standard InChI is InChI=1S/C20H27N5O2S/c1-3-14-10-15-11-22-20(23-18-9-8-17(12-21-18)28(2,26)27)24-19(15)25(13-14)16-6-4-5-7-16/h8-9,11-13,16,19H,3-7,10H2,1-2H3,(H2,21,22,23,24). The maximum atomic E-state index is 11.6. The van der Waals surface area contributed by atoms with E-state index in [2.05, 4.69) is 38.6 Å². The highest BCUT2D eigenvalue weighted by atomic mass is 32.2.